The molecule has 0 spiro atoms. The van der Waals surface area contributed by atoms with Gasteiger partial charge in [0.05, 0.1) is 6.61 Å². The molecule has 0 heterocycles. The lowest BCUT2D eigenvalue weighted by Crippen LogP contribution is -2.46. The van der Waals surface area contributed by atoms with Crippen molar-refractivity contribution in [3.8, 4) is 5.75 Å². The van der Waals surface area contributed by atoms with Crippen molar-refractivity contribution in [2.24, 2.45) is 0 Å². The minimum absolute atomic E-state index is 0.142. The molecule has 0 saturated carbocycles. The summed E-state index contributed by atoms with van der Waals surface area (Å²) in [6.07, 6.45) is 23.1. The van der Waals surface area contributed by atoms with Gasteiger partial charge < -0.3 is 9.47 Å². The second kappa shape index (κ2) is 21.7. The number of benzene rings is 1. The van der Waals surface area contributed by atoms with Crippen LogP contribution in [-0.4, -0.2) is 18.2 Å². The molecule has 0 aliphatic carbocycles. The first-order valence-electron chi connectivity index (χ1n) is 15.1. The van der Waals surface area contributed by atoms with Gasteiger partial charge in [0, 0.05) is 0 Å². The van der Waals surface area contributed by atoms with Crippen LogP contribution in [-0.2, 0) is 9.53 Å². The number of unbranched alkanes of at least 4 members (excludes halogenated alkanes) is 15. The van der Waals surface area contributed by atoms with E-state index < -0.39 is 5.60 Å². The molecule has 0 aliphatic rings. The van der Waals surface area contributed by atoms with E-state index in [1.807, 2.05) is 30.3 Å². The summed E-state index contributed by atoms with van der Waals surface area (Å²) in [6.45, 7) is 7.25. The van der Waals surface area contributed by atoms with Gasteiger partial charge in [-0.15, -0.1) is 0 Å². The smallest absolute Gasteiger partial charge is 0.350 e. The first-order valence-corrected chi connectivity index (χ1v) is 15.1. The molecular weight excluding hydrogens is 432 g/mol. The number of carbonyl (C=O) groups excluding carboxylic acids is 1. The van der Waals surface area contributed by atoms with Crippen LogP contribution in [0.1, 0.15) is 149 Å². The molecule has 0 saturated heterocycles. The first-order chi connectivity index (χ1) is 17.2. The van der Waals surface area contributed by atoms with Crippen molar-refractivity contribution < 1.29 is 14.3 Å². The van der Waals surface area contributed by atoms with Crippen LogP contribution in [0, 0.1) is 0 Å². The highest BCUT2D eigenvalue weighted by atomic mass is 16.6. The minimum Gasteiger partial charge on any atom is -0.476 e. The van der Waals surface area contributed by atoms with E-state index in [4.69, 9.17) is 9.47 Å². The minimum atomic E-state index is -0.862. The highest BCUT2D eigenvalue weighted by Gasteiger charge is 2.41. The number of rotatable bonds is 24. The van der Waals surface area contributed by atoms with Gasteiger partial charge in [-0.3, -0.25) is 0 Å². The average Bonchev–Trinajstić information content (AvgIpc) is 2.87. The Morgan fingerprint density at radius 3 is 1.51 bits per heavy atom. The maximum Gasteiger partial charge on any atom is 0.350 e. The number of hydrogen-bond acceptors (Lipinski definition) is 3. The normalized spacial score (nSPS) is 11.5. The van der Waals surface area contributed by atoms with E-state index in [-0.39, 0.29) is 5.97 Å². The summed E-state index contributed by atoms with van der Waals surface area (Å²) in [7, 11) is 0. The van der Waals surface area contributed by atoms with Crippen LogP contribution in [0.2, 0.25) is 0 Å². The summed E-state index contributed by atoms with van der Waals surface area (Å²) in [4.78, 5) is 13.6. The Kier molecular flexibility index (Phi) is 19.6. The van der Waals surface area contributed by atoms with E-state index in [1.165, 1.54) is 77.0 Å². The maximum absolute atomic E-state index is 13.6. The SMILES string of the molecule is CCCCCCCCOC(=O)C(CCCCCCCC)(CCCCCCCC)Oc1ccccc1. The van der Waals surface area contributed by atoms with Crippen LogP contribution in [0.4, 0.5) is 0 Å². The Hall–Kier alpha value is -1.51. The molecule has 3 nitrogen and oxygen atoms in total. The van der Waals surface area contributed by atoms with Crippen molar-refractivity contribution >= 4 is 5.97 Å². The summed E-state index contributed by atoms with van der Waals surface area (Å²) >= 11 is 0. The lowest BCUT2D eigenvalue weighted by molar-refractivity contribution is -0.164. The van der Waals surface area contributed by atoms with Crippen LogP contribution in [0.15, 0.2) is 30.3 Å². The summed E-state index contributed by atoms with van der Waals surface area (Å²) in [6, 6.07) is 9.90. The van der Waals surface area contributed by atoms with E-state index in [9.17, 15) is 4.79 Å². The maximum atomic E-state index is 13.6. The summed E-state index contributed by atoms with van der Waals surface area (Å²) in [5.41, 5.74) is -0.862. The van der Waals surface area contributed by atoms with Crippen LogP contribution < -0.4 is 4.74 Å². The molecule has 202 valence electrons. The zero-order valence-corrected chi connectivity index (χ0v) is 23.5. The lowest BCUT2D eigenvalue weighted by Gasteiger charge is -2.33. The van der Waals surface area contributed by atoms with Crippen LogP contribution in [0.25, 0.3) is 0 Å². The second-order valence-electron chi connectivity index (χ2n) is 10.3. The zero-order chi connectivity index (χ0) is 25.5. The highest BCUT2D eigenvalue weighted by molar-refractivity contribution is 5.80. The van der Waals surface area contributed by atoms with E-state index in [2.05, 4.69) is 20.8 Å². The van der Waals surface area contributed by atoms with Gasteiger partial charge >= 0.3 is 5.97 Å². The summed E-state index contributed by atoms with van der Waals surface area (Å²) in [5.74, 6) is 0.637. The monoisotopic (exact) mass is 488 g/mol. The fourth-order valence-corrected chi connectivity index (χ4v) is 4.75. The molecule has 0 fully saturated rings. The molecule has 0 unspecified atom stereocenters. The standard InChI is InChI=1S/C32H56O3/c1-4-7-10-13-16-22-27-32(28-23-17-14-11-8-5-2,35-30-25-20-19-21-26-30)31(33)34-29-24-18-15-12-9-6-3/h19-21,25-26H,4-18,22-24,27-29H2,1-3H3. The molecular formula is C32H56O3. The third-order valence-electron chi connectivity index (χ3n) is 7.03. The van der Waals surface area contributed by atoms with Gasteiger partial charge in [-0.25, -0.2) is 4.79 Å². The largest absolute Gasteiger partial charge is 0.476 e. The van der Waals surface area contributed by atoms with Crippen molar-refractivity contribution in [2.45, 2.75) is 155 Å². The van der Waals surface area contributed by atoms with E-state index in [0.717, 1.165) is 57.1 Å². The molecule has 1 aromatic rings. The predicted octanol–water partition coefficient (Wildman–Crippen LogP) is 10.2. The van der Waals surface area contributed by atoms with Crippen molar-refractivity contribution in [2.75, 3.05) is 6.61 Å². The predicted molar refractivity (Wildman–Crippen MR) is 150 cm³/mol. The molecule has 3 heteroatoms. The molecule has 0 amide bonds. The molecule has 1 aromatic carbocycles. The second-order valence-corrected chi connectivity index (χ2v) is 10.3. The summed E-state index contributed by atoms with van der Waals surface area (Å²) in [5, 5.41) is 0. The quantitative estimate of drug-likeness (QED) is 0.107. The fraction of sp³-hybridized carbons (Fsp3) is 0.781. The molecule has 0 aliphatic heterocycles. The van der Waals surface area contributed by atoms with Crippen LogP contribution in [0.5, 0.6) is 5.75 Å². The first kappa shape index (κ1) is 31.5. The van der Waals surface area contributed by atoms with Gasteiger partial charge in [0.25, 0.3) is 0 Å². The Bertz CT molecular complexity index is 582. The Balaban J connectivity index is 2.79. The zero-order valence-electron chi connectivity index (χ0n) is 23.5. The van der Waals surface area contributed by atoms with Crippen LogP contribution >= 0.6 is 0 Å². The van der Waals surface area contributed by atoms with Gasteiger partial charge in [-0.1, -0.05) is 135 Å². The number of carbonyl (C=O) groups is 1. The molecule has 0 N–H and O–H groups in total. The number of hydrogen-bond donors (Lipinski definition) is 0. The van der Waals surface area contributed by atoms with Crippen LogP contribution in [0.3, 0.4) is 0 Å². The Morgan fingerprint density at radius 2 is 1.03 bits per heavy atom. The topological polar surface area (TPSA) is 35.5 Å². The third-order valence-corrected chi connectivity index (χ3v) is 7.03. The van der Waals surface area contributed by atoms with E-state index in [0.29, 0.717) is 6.61 Å². The molecule has 0 aromatic heterocycles. The third kappa shape index (κ3) is 15.3. The fourth-order valence-electron chi connectivity index (χ4n) is 4.75. The molecule has 0 atom stereocenters. The van der Waals surface area contributed by atoms with Crippen molar-refractivity contribution in [1.82, 2.24) is 0 Å². The van der Waals surface area contributed by atoms with Crippen molar-refractivity contribution in [3.05, 3.63) is 30.3 Å². The van der Waals surface area contributed by atoms with Gasteiger partial charge in [0.1, 0.15) is 5.75 Å². The van der Waals surface area contributed by atoms with Gasteiger partial charge in [-0.2, -0.15) is 0 Å². The molecule has 1 rings (SSSR count). The van der Waals surface area contributed by atoms with E-state index >= 15 is 0 Å². The summed E-state index contributed by atoms with van der Waals surface area (Å²) < 4.78 is 12.5. The van der Waals surface area contributed by atoms with E-state index in [1.54, 1.807) is 0 Å². The van der Waals surface area contributed by atoms with Crippen molar-refractivity contribution in [1.29, 1.82) is 0 Å². The Labute approximate surface area is 217 Å². The van der Waals surface area contributed by atoms with Gasteiger partial charge in [-0.05, 0) is 44.2 Å². The lowest BCUT2D eigenvalue weighted by atomic mass is 9.89. The van der Waals surface area contributed by atoms with Gasteiger partial charge in [0.2, 0.25) is 5.60 Å². The van der Waals surface area contributed by atoms with Crippen molar-refractivity contribution in [3.63, 3.8) is 0 Å². The van der Waals surface area contributed by atoms with Gasteiger partial charge in [0.15, 0.2) is 0 Å². The molecule has 35 heavy (non-hydrogen) atoms. The number of para-hydroxylation sites is 1. The number of ether oxygens (including phenoxy) is 2. The average molecular weight is 489 g/mol. The molecule has 0 radical (unpaired) electrons. The Morgan fingerprint density at radius 1 is 0.600 bits per heavy atom. The highest BCUT2D eigenvalue weighted by Crippen LogP contribution is 2.31. The molecule has 0 bridgehead atoms. The number of esters is 1.